The summed E-state index contributed by atoms with van der Waals surface area (Å²) in [6.45, 7) is 1.66. The van der Waals surface area contributed by atoms with E-state index in [4.69, 9.17) is 0 Å². The van der Waals surface area contributed by atoms with Crippen LogP contribution in [0.4, 0.5) is 22.0 Å². The van der Waals surface area contributed by atoms with E-state index >= 15 is 0 Å². The molecule has 0 aliphatic carbocycles. The van der Waals surface area contributed by atoms with Gasteiger partial charge in [-0.1, -0.05) is 18.2 Å². The molecule has 2 aromatic rings. The van der Waals surface area contributed by atoms with Gasteiger partial charge in [0.25, 0.3) is 5.91 Å². The van der Waals surface area contributed by atoms with Gasteiger partial charge in [-0.2, -0.15) is 18.3 Å². The van der Waals surface area contributed by atoms with E-state index in [-0.39, 0.29) is 11.3 Å². The molecule has 0 fully saturated rings. The Labute approximate surface area is 180 Å². The third kappa shape index (κ3) is 4.32. The predicted octanol–water partition coefficient (Wildman–Crippen LogP) is 5.11. The maximum Gasteiger partial charge on any atom is 0.416 e. The highest BCUT2D eigenvalue weighted by atomic mass is 19.4. The van der Waals surface area contributed by atoms with E-state index in [2.05, 4.69) is 10.4 Å². The Hall–Kier alpha value is -3.75. The average Bonchev–Trinajstić information content (AvgIpc) is 2.71. The largest absolute Gasteiger partial charge is 0.416 e. The Morgan fingerprint density at radius 3 is 2.41 bits per heavy atom. The van der Waals surface area contributed by atoms with Crippen LogP contribution >= 0.6 is 0 Å². The number of nitrogens with zero attached hydrogens (tertiary/aromatic N) is 2. The molecule has 0 saturated heterocycles. The average molecular weight is 445 g/mol. The summed E-state index contributed by atoms with van der Waals surface area (Å²) in [5.74, 6) is -2.14. The first-order chi connectivity index (χ1) is 15.1. The van der Waals surface area contributed by atoms with Crippen molar-refractivity contribution < 1.29 is 26.7 Å². The third-order valence-electron chi connectivity index (χ3n) is 4.93. The number of nitrogens with one attached hydrogen (secondary N) is 1. The minimum atomic E-state index is -4.46. The Bertz CT molecular complexity index is 1190. The van der Waals surface area contributed by atoms with Crippen LogP contribution in [-0.4, -0.2) is 22.8 Å². The SMILES string of the molecule is CC1=NN2C(=O)C=C(c3ccc(F)cc3F)NC2C=C(c2ccc(C(F)(F)F)cc2)C=C1. The summed E-state index contributed by atoms with van der Waals surface area (Å²) in [7, 11) is 0. The number of hydrogen-bond acceptors (Lipinski definition) is 3. The first-order valence-electron chi connectivity index (χ1n) is 9.51. The van der Waals surface area contributed by atoms with Gasteiger partial charge in [-0.25, -0.2) is 13.8 Å². The Morgan fingerprint density at radius 1 is 1.03 bits per heavy atom. The molecule has 9 heteroatoms. The van der Waals surface area contributed by atoms with Crippen LogP contribution in [0.1, 0.15) is 23.6 Å². The number of halogens is 5. The molecule has 0 bridgehead atoms. The second-order valence-electron chi connectivity index (χ2n) is 7.23. The lowest BCUT2D eigenvalue weighted by molar-refractivity contribution is -0.137. The van der Waals surface area contributed by atoms with Gasteiger partial charge in [-0.05, 0) is 54.5 Å². The van der Waals surface area contributed by atoms with Gasteiger partial charge in [-0.3, -0.25) is 4.79 Å². The molecular weight excluding hydrogens is 429 g/mol. The summed E-state index contributed by atoms with van der Waals surface area (Å²) < 4.78 is 66.3. The van der Waals surface area contributed by atoms with Crippen molar-refractivity contribution in [3.05, 3.63) is 95.1 Å². The van der Waals surface area contributed by atoms with Crippen molar-refractivity contribution in [3.8, 4) is 0 Å². The van der Waals surface area contributed by atoms with Crippen molar-refractivity contribution in [2.45, 2.75) is 19.3 Å². The number of amides is 1. The highest BCUT2D eigenvalue weighted by Gasteiger charge is 2.31. The van der Waals surface area contributed by atoms with Crippen molar-refractivity contribution in [3.63, 3.8) is 0 Å². The molecule has 1 unspecified atom stereocenters. The van der Waals surface area contributed by atoms with E-state index in [0.717, 1.165) is 29.3 Å². The van der Waals surface area contributed by atoms with Gasteiger partial charge in [-0.15, -0.1) is 0 Å². The first kappa shape index (κ1) is 21.5. The van der Waals surface area contributed by atoms with E-state index in [1.807, 2.05) is 0 Å². The van der Waals surface area contributed by atoms with Gasteiger partial charge < -0.3 is 5.32 Å². The normalized spacial score (nSPS) is 18.7. The molecule has 2 heterocycles. The molecule has 2 aromatic carbocycles. The van der Waals surface area contributed by atoms with Crippen LogP contribution in [0.25, 0.3) is 11.3 Å². The predicted molar refractivity (Wildman–Crippen MR) is 110 cm³/mol. The summed E-state index contributed by atoms with van der Waals surface area (Å²) in [6, 6.07) is 7.60. The maximum atomic E-state index is 14.3. The molecule has 0 saturated carbocycles. The molecule has 1 amide bonds. The third-order valence-corrected chi connectivity index (χ3v) is 4.93. The quantitative estimate of drug-likeness (QED) is 0.653. The second kappa shape index (κ2) is 8.07. The lowest BCUT2D eigenvalue weighted by Gasteiger charge is -2.33. The Kier molecular flexibility index (Phi) is 5.41. The highest BCUT2D eigenvalue weighted by molar-refractivity contribution is 6.01. The number of allylic oxidation sites excluding steroid dienone is 3. The minimum Gasteiger partial charge on any atom is -0.360 e. The van der Waals surface area contributed by atoms with Crippen molar-refractivity contribution in [1.82, 2.24) is 10.3 Å². The van der Waals surface area contributed by atoms with Crippen LogP contribution in [0, 0.1) is 11.6 Å². The van der Waals surface area contributed by atoms with Gasteiger partial charge in [0.1, 0.15) is 17.8 Å². The molecule has 1 atom stereocenters. The standard InChI is InChI=1S/C23H16F5N3O/c1-13-2-3-15(14-4-6-16(7-5-14)23(26,27)28)10-21-29-20(12-22(32)31(21)30-13)18-9-8-17(24)11-19(18)25/h2-12,21,29H,1H3. The summed E-state index contributed by atoms with van der Waals surface area (Å²) in [5.41, 5.74) is 0.856. The van der Waals surface area contributed by atoms with Crippen LogP contribution in [0.2, 0.25) is 0 Å². The molecule has 2 aliphatic rings. The van der Waals surface area contributed by atoms with Crippen molar-refractivity contribution >= 4 is 22.9 Å². The van der Waals surface area contributed by atoms with E-state index < -0.39 is 35.4 Å². The summed E-state index contributed by atoms with van der Waals surface area (Å²) >= 11 is 0. The van der Waals surface area contributed by atoms with E-state index in [1.54, 1.807) is 25.2 Å². The van der Waals surface area contributed by atoms with Crippen molar-refractivity contribution in [2.75, 3.05) is 0 Å². The zero-order valence-electron chi connectivity index (χ0n) is 16.6. The molecule has 2 aliphatic heterocycles. The molecule has 4 nitrogen and oxygen atoms in total. The van der Waals surface area contributed by atoms with E-state index in [0.29, 0.717) is 22.9 Å². The molecule has 1 N–H and O–H groups in total. The van der Waals surface area contributed by atoms with Crippen LogP contribution in [0.3, 0.4) is 0 Å². The second-order valence-corrected chi connectivity index (χ2v) is 7.23. The smallest absolute Gasteiger partial charge is 0.360 e. The Balaban J connectivity index is 1.74. The number of carbonyl (C=O) groups excluding carboxylic acids is 1. The molecular formula is C23H16F5N3O. The first-order valence-corrected chi connectivity index (χ1v) is 9.51. The molecule has 0 aromatic heterocycles. The van der Waals surface area contributed by atoms with Gasteiger partial charge in [0.15, 0.2) is 0 Å². The van der Waals surface area contributed by atoms with Crippen LogP contribution in [0.15, 0.2) is 71.9 Å². The molecule has 0 spiro atoms. The number of hydrazone groups is 1. The zero-order chi connectivity index (χ0) is 23.0. The van der Waals surface area contributed by atoms with Crippen LogP contribution < -0.4 is 5.32 Å². The lowest BCUT2D eigenvalue weighted by atomic mass is 10.0. The number of alkyl halides is 3. The Morgan fingerprint density at radius 2 is 1.75 bits per heavy atom. The highest BCUT2D eigenvalue weighted by Crippen LogP contribution is 2.31. The monoisotopic (exact) mass is 445 g/mol. The fourth-order valence-corrected chi connectivity index (χ4v) is 3.36. The van der Waals surface area contributed by atoms with Gasteiger partial charge in [0, 0.05) is 17.7 Å². The molecule has 164 valence electrons. The number of benzene rings is 2. The maximum absolute atomic E-state index is 14.3. The summed E-state index contributed by atoms with van der Waals surface area (Å²) in [6.07, 6.45) is 0.735. The number of fused-ring (bicyclic) bond motifs is 1. The van der Waals surface area contributed by atoms with E-state index in [1.165, 1.54) is 18.2 Å². The molecule has 32 heavy (non-hydrogen) atoms. The van der Waals surface area contributed by atoms with Crippen LogP contribution in [0.5, 0.6) is 0 Å². The van der Waals surface area contributed by atoms with Crippen molar-refractivity contribution in [2.24, 2.45) is 5.10 Å². The number of hydrogen-bond donors (Lipinski definition) is 1. The number of rotatable bonds is 2. The fourth-order valence-electron chi connectivity index (χ4n) is 3.36. The van der Waals surface area contributed by atoms with Crippen LogP contribution in [-0.2, 0) is 11.0 Å². The van der Waals surface area contributed by atoms with Gasteiger partial charge >= 0.3 is 6.18 Å². The fraction of sp³-hybridized carbons (Fsp3) is 0.130. The minimum absolute atomic E-state index is 0.00202. The number of carbonyl (C=O) groups is 1. The van der Waals surface area contributed by atoms with Crippen molar-refractivity contribution in [1.29, 1.82) is 0 Å². The topological polar surface area (TPSA) is 44.7 Å². The molecule has 0 radical (unpaired) electrons. The van der Waals surface area contributed by atoms with Gasteiger partial charge in [0.05, 0.1) is 17.0 Å². The lowest BCUT2D eigenvalue weighted by Crippen LogP contribution is -2.48. The van der Waals surface area contributed by atoms with Gasteiger partial charge in [0.2, 0.25) is 0 Å². The summed E-state index contributed by atoms with van der Waals surface area (Å²) in [4.78, 5) is 12.7. The summed E-state index contributed by atoms with van der Waals surface area (Å²) in [5, 5.41) is 8.38. The zero-order valence-corrected chi connectivity index (χ0v) is 16.6. The molecule has 4 rings (SSSR count). The van der Waals surface area contributed by atoms with E-state index in [9.17, 15) is 26.7 Å².